The molecule has 0 radical (unpaired) electrons. The normalized spacial score (nSPS) is 12.5. The maximum Gasteiger partial charge on any atom is 0.0921 e. The Morgan fingerprint density at radius 1 is 1.00 bits per heavy atom. The molecule has 0 N–H and O–H groups in total. The molecule has 96 valence electrons. The van der Waals surface area contributed by atoms with E-state index >= 15 is 0 Å². The lowest BCUT2D eigenvalue weighted by atomic mass is 10.1. The quantitative estimate of drug-likeness (QED) is 0.410. The Balaban J connectivity index is 3.66. The monoisotopic (exact) mass is 228 g/mol. The van der Waals surface area contributed by atoms with Crippen LogP contribution in [0, 0.1) is 0 Å². The summed E-state index contributed by atoms with van der Waals surface area (Å²) in [5.74, 6) is 1.09. The van der Waals surface area contributed by atoms with Crippen molar-refractivity contribution in [2.45, 2.75) is 59.8 Å². The average Bonchev–Trinajstić information content (AvgIpc) is 2.28. The minimum Gasteiger partial charge on any atom is -0.499 e. The first-order chi connectivity index (χ1) is 7.76. The standard InChI is InChI=1S/C14H28O2/c1-5-8-9-11-15-12-10-14(6-2)13(4)16-7-3/h5-12H2,1-4H3/b14-13+. The SMILES string of the molecule is CCCCCOCC/C(CC)=C(\C)OCC. The molecule has 2 heteroatoms. The average molecular weight is 228 g/mol. The summed E-state index contributed by atoms with van der Waals surface area (Å²) in [5.41, 5.74) is 1.39. The van der Waals surface area contributed by atoms with Gasteiger partial charge in [0.05, 0.1) is 19.0 Å². The first-order valence-corrected chi connectivity index (χ1v) is 6.65. The molecule has 0 unspecified atom stereocenters. The molecule has 0 heterocycles. The van der Waals surface area contributed by atoms with Crippen LogP contribution in [0.1, 0.15) is 59.8 Å². The number of allylic oxidation sites excluding steroid dienone is 1. The second-order valence-corrected chi connectivity index (χ2v) is 4.02. The van der Waals surface area contributed by atoms with Crippen molar-refractivity contribution < 1.29 is 9.47 Å². The van der Waals surface area contributed by atoms with Crippen LogP contribution in [0.25, 0.3) is 0 Å². The van der Waals surface area contributed by atoms with Crippen LogP contribution >= 0.6 is 0 Å². The third kappa shape index (κ3) is 7.75. The van der Waals surface area contributed by atoms with Gasteiger partial charge in [0.2, 0.25) is 0 Å². The summed E-state index contributed by atoms with van der Waals surface area (Å²) in [5, 5.41) is 0. The van der Waals surface area contributed by atoms with Gasteiger partial charge in [-0.25, -0.2) is 0 Å². The molecule has 0 amide bonds. The molecule has 0 rings (SSSR count). The van der Waals surface area contributed by atoms with E-state index in [-0.39, 0.29) is 0 Å². The highest BCUT2D eigenvalue weighted by Gasteiger charge is 2.01. The molecule has 16 heavy (non-hydrogen) atoms. The van der Waals surface area contributed by atoms with Gasteiger partial charge in [-0.15, -0.1) is 0 Å². The molecule has 0 aromatic carbocycles. The van der Waals surface area contributed by atoms with Crippen LogP contribution in [-0.4, -0.2) is 19.8 Å². The minimum atomic E-state index is 0.757. The van der Waals surface area contributed by atoms with E-state index in [9.17, 15) is 0 Å². The Kier molecular flexibility index (Phi) is 10.7. The molecule has 2 nitrogen and oxygen atoms in total. The molecule has 0 atom stereocenters. The van der Waals surface area contributed by atoms with Crippen molar-refractivity contribution >= 4 is 0 Å². The van der Waals surface area contributed by atoms with Crippen molar-refractivity contribution in [2.24, 2.45) is 0 Å². The lowest BCUT2D eigenvalue weighted by Gasteiger charge is -2.11. The maximum atomic E-state index is 5.61. The second-order valence-electron chi connectivity index (χ2n) is 4.02. The van der Waals surface area contributed by atoms with E-state index in [1.807, 2.05) is 6.92 Å². The first kappa shape index (κ1) is 15.5. The van der Waals surface area contributed by atoms with Gasteiger partial charge in [0, 0.05) is 6.61 Å². The zero-order valence-electron chi connectivity index (χ0n) is 11.5. The molecule has 0 saturated heterocycles. The molecule has 0 fully saturated rings. The highest BCUT2D eigenvalue weighted by Crippen LogP contribution is 2.14. The largest absolute Gasteiger partial charge is 0.499 e. The van der Waals surface area contributed by atoms with E-state index in [0.29, 0.717) is 0 Å². The predicted molar refractivity (Wildman–Crippen MR) is 69.6 cm³/mol. The lowest BCUT2D eigenvalue weighted by molar-refractivity contribution is 0.131. The summed E-state index contributed by atoms with van der Waals surface area (Å²) in [6, 6.07) is 0. The Morgan fingerprint density at radius 2 is 1.75 bits per heavy atom. The van der Waals surface area contributed by atoms with Crippen LogP contribution in [0.2, 0.25) is 0 Å². The van der Waals surface area contributed by atoms with Gasteiger partial charge in [0.1, 0.15) is 0 Å². The zero-order valence-corrected chi connectivity index (χ0v) is 11.5. The highest BCUT2D eigenvalue weighted by atomic mass is 16.5. The van der Waals surface area contributed by atoms with E-state index in [0.717, 1.165) is 38.4 Å². The highest BCUT2D eigenvalue weighted by molar-refractivity contribution is 5.05. The van der Waals surface area contributed by atoms with Gasteiger partial charge in [-0.3, -0.25) is 0 Å². The number of ether oxygens (including phenoxy) is 2. The fraction of sp³-hybridized carbons (Fsp3) is 0.857. The summed E-state index contributed by atoms with van der Waals surface area (Å²) in [6.07, 6.45) is 5.78. The summed E-state index contributed by atoms with van der Waals surface area (Å²) < 4.78 is 11.1. The van der Waals surface area contributed by atoms with Gasteiger partial charge in [-0.2, -0.15) is 0 Å². The Hall–Kier alpha value is -0.500. The predicted octanol–water partition coefficient (Wildman–Crippen LogP) is 4.30. The summed E-state index contributed by atoms with van der Waals surface area (Å²) in [4.78, 5) is 0. The lowest BCUT2D eigenvalue weighted by Crippen LogP contribution is -2.01. The fourth-order valence-corrected chi connectivity index (χ4v) is 1.67. The summed E-state index contributed by atoms with van der Waals surface area (Å²) in [6.45, 7) is 11.0. The van der Waals surface area contributed by atoms with Gasteiger partial charge in [0.15, 0.2) is 0 Å². The fourth-order valence-electron chi connectivity index (χ4n) is 1.67. The summed E-state index contributed by atoms with van der Waals surface area (Å²) in [7, 11) is 0. The van der Waals surface area contributed by atoms with Crippen LogP contribution < -0.4 is 0 Å². The van der Waals surface area contributed by atoms with E-state index in [4.69, 9.17) is 9.47 Å². The Labute approximate surface area is 101 Å². The van der Waals surface area contributed by atoms with E-state index in [1.165, 1.54) is 24.8 Å². The van der Waals surface area contributed by atoms with Crippen LogP contribution in [0.3, 0.4) is 0 Å². The molecular formula is C14H28O2. The molecular weight excluding hydrogens is 200 g/mol. The van der Waals surface area contributed by atoms with Crippen LogP contribution in [-0.2, 0) is 9.47 Å². The molecule has 0 saturated carbocycles. The van der Waals surface area contributed by atoms with Gasteiger partial charge in [0.25, 0.3) is 0 Å². The van der Waals surface area contributed by atoms with E-state index in [1.54, 1.807) is 0 Å². The van der Waals surface area contributed by atoms with Crippen LogP contribution in [0.4, 0.5) is 0 Å². The van der Waals surface area contributed by atoms with Crippen LogP contribution in [0.5, 0.6) is 0 Å². The third-order valence-corrected chi connectivity index (χ3v) is 2.73. The maximum absolute atomic E-state index is 5.61. The third-order valence-electron chi connectivity index (χ3n) is 2.73. The smallest absolute Gasteiger partial charge is 0.0921 e. The molecule has 0 aromatic heterocycles. The Morgan fingerprint density at radius 3 is 2.31 bits per heavy atom. The molecule has 0 aliphatic rings. The molecule has 0 spiro atoms. The van der Waals surface area contributed by atoms with Crippen molar-refractivity contribution in [3.8, 4) is 0 Å². The van der Waals surface area contributed by atoms with Crippen molar-refractivity contribution in [1.29, 1.82) is 0 Å². The van der Waals surface area contributed by atoms with E-state index < -0.39 is 0 Å². The van der Waals surface area contributed by atoms with Crippen molar-refractivity contribution in [1.82, 2.24) is 0 Å². The molecule has 0 bridgehead atoms. The van der Waals surface area contributed by atoms with Gasteiger partial charge >= 0.3 is 0 Å². The number of hydrogen-bond acceptors (Lipinski definition) is 2. The van der Waals surface area contributed by atoms with Gasteiger partial charge in [-0.1, -0.05) is 26.7 Å². The van der Waals surface area contributed by atoms with Crippen LogP contribution in [0.15, 0.2) is 11.3 Å². The van der Waals surface area contributed by atoms with Crippen molar-refractivity contribution in [3.63, 3.8) is 0 Å². The second kappa shape index (κ2) is 11.0. The molecule has 0 aromatic rings. The zero-order chi connectivity index (χ0) is 12.2. The number of rotatable bonds is 10. The first-order valence-electron chi connectivity index (χ1n) is 6.65. The van der Waals surface area contributed by atoms with E-state index in [2.05, 4.69) is 20.8 Å². The van der Waals surface area contributed by atoms with Gasteiger partial charge < -0.3 is 9.47 Å². The topological polar surface area (TPSA) is 18.5 Å². The van der Waals surface area contributed by atoms with Crippen molar-refractivity contribution in [3.05, 3.63) is 11.3 Å². The molecule has 0 aliphatic carbocycles. The van der Waals surface area contributed by atoms with Crippen molar-refractivity contribution in [2.75, 3.05) is 19.8 Å². The number of hydrogen-bond donors (Lipinski definition) is 0. The minimum absolute atomic E-state index is 0.757. The Bertz CT molecular complexity index is 185. The number of unbranched alkanes of at least 4 members (excludes halogenated alkanes) is 2. The summed E-state index contributed by atoms with van der Waals surface area (Å²) >= 11 is 0. The molecule has 0 aliphatic heterocycles. The van der Waals surface area contributed by atoms with Gasteiger partial charge in [-0.05, 0) is 38.7 Å².